The maximum Gasteiger partial charge on any atom is 0.290 e. The minimum Gasteiger partial charge on any atom is -0.483 e. The molecule has 10 heteroatoms. The summed E-state index contributed by atoms with van der Waals surface area (Å²) < 4.78 is 5.92. The molecule has 0 spiro atoms. The van der Waals surface area contributed by atoms with Crippen LogP contribution in [0.4, 0.5) is 5.69 Å². The van der Waals surface area contributed by atoms with Gasteiger partial charge in [0.1, 0.15) is 5.57 Å². The van der Waals surface area contributed by atoms with E-state index in [1.165, 1.54) is 35.5 Å². The summed E-state index contributed by atoms with van der Waals surface area (Å²) in [4.78, 5) is 43.7. The van der Waals surface area contributed by atoms with Crippen LogP contribution in [0.25, 0.3) is 22.4 Å². The van der Waals surface area contributed by atoms with Crippen LogP contribution in [0.15, 0.2) is 66.3 Å². The van der Waals surface area contributed by atoms with Crippen molar-refractivity contribution in [3.63, 3.8) is 0 Å². The van der Waals surface area contributed by atoms with E-state index in [9.17, 15) is 9.59 Å². The highest BCUT2D eigenvalue weighted by Crippen LogP contribution is 2.51. The number of hydrogen-bond acceptors (Lipinski definition) is 6. The van der Waals surface area contributed by atoms with Crippen LogP contribution in [-0.2, 0) is 27.2 Å². The van der Waals surface area contributed by atoms with Crippen LogP contribution in [0.5, 0.6) is 5.88 Å². The number of allylic oxidation sites excluding steroid dienone is 3. The summed E-state index contributed by atoms with van der Waals surface area (Å²) in [5.74, 6) is 1.64. The molecular formula is C39H45ClN4O5. The SMILES string of the molecule is CC/C=C/C=C(/C(=O)Nc1cccc(-c2cccc(-c3cc4c(c(OC)n3)C(N3CC5CC5C3)CC4)c2Cl)c1CC)C(=O)N(C)C.O=CO. The Morgan fingerprint density at radius 2 is 1.78 bits per heavy atom. The van der Waals surface area contributed by atoms with Crippen molar-refractivity contribution in [2.45, 2.75) is 52.0 Å². The van der Waals surface area contributed by atoms with Crippen LogP contribution in [0, 0.1) is 11.8 Å². The number of fused-ring (bicyclic) bond motifs is 2. The van der Waals surface area contributed by atoms with Crippen LogP contribution in [0.1, 0.15) is 55.8 Å². The first-order valence-electron chi connectivity index (χ1n) is 16.9. The summed E-state index contributed by atoms with van der Waals surface area (Å²) in [6.45, 7) is 6.17. The van der Waals surface area contributed by atoms with Crippen molar-refractivity contribution in [3.05, 3.63) is 88.0 Å². The molecule has 9 nitrogen and oxygen atoms in total. The second kappa shape index (κ2) is 15.8. The van der Waals surface area contributed by atoms with Gasteiger partial charge in [-0.25, -0.2) is 4.98 Å². The number of likely N-dealkylation sites (tertiary alicyclic amines) is 1. The Labute approximate surface area is 293 Å². The Morgan fingerprint density at radius 3 is 2.43 bits per heavy atom. The third-order valence-corrected chi connectivity index (χ3v) is 10.0. The minimum absolute atomic E-state index is 0.0718. The van der Waals surface area contributed by atoms with E-state index in [2.05, 4.69) is 16.3 Å². The summed E-state index contributed by atoms with van der Waals surface area (Å²) in [7, 11) is 4.99. The van der Waals surface area contributed by atoms with E-state index < -0.39 is 5.91 Å². The smallest absolute Gasteiger partial charge is 0.290 e. The van der Waals surface area contributed by atoms with Gasteiger partial charge in [-0.2, -0.15) is 0 Å². The number of nitrogens with zero attached hydrogens (tertiary/aromatic N) is 3. The first kappa shape index (κ1) is 35.8. The predicted molar refractivity (Wildman–Crippen MR) is 194 cm³/mol. The molecule has 2 N–H and O–H groups in total. The number of halogens is 1. The fourth-order valence-electron chi connectivity index (χ4n) is 7.18. The Morgan fingerprint density at radius 1 is 1.10 bits per heavy atom. The molecule has 0 bridgehead atoms. The van der Waals surface area contributed by atoms with Gasteiger partial charge in [0.2, 0.25) is 5.88 Å². The van der Waals surface area contributed by atoms with Gasteiger partial charge in [0.05, 0.1) is 17.8 Å². The summed E-state index contributed by atoms with van der Waals surface area (Å²) in [5.41, 5.74) is 7.59. The van der Waals surface area contributed by atoms with Gasteiger partial charge in [-0.15, -0.1) is 0 Å². The number of aromatic nitrogens is 1. The molecule has 2 amide bonds. The molecule has 1 saturated carbocycles. The maximum absolute atomic E-state index is 13.4. The number of ether oxygens (including phenoxy) is 1. The highest BCUT2D eigenvalue weighted by molar-refractivity contribution is 6.36. The van der Waals surface area contributed by atoms with Crippen molar-refractivity contribution in [3.8, 4) is 28.3 Å². The number of likely N-dealkylation sites (N-methyl/N-ethyl adjacent to an activating group) is 1. The van der Waals surface area contributed by atoms with E-state index in [0.29, 0.717) is 29.1 Å². The number of hydrogen-bond donors (Lipinski definition) is 2. The Balaban J connectivity index is 0.00000151. The van der Waals surface area contributed by atoms with Gasteiger partial charge in [0, 0.05) is 55.6 Å². The first-order valence-corrected chi connectivity index (χ1v) is 17.3. The second-order valence-electron chi connectivity index (χ2n) is 12.9. The van der Waals surface area contributed by atoms with Gasteiger partial charge in [0.25, 0.3) is 18.3 Å². The summed E-state index contributed by atoms with van der Waals surface area (Å²) in [6.07, 6.45) is 10.2. The number of carbonyl (C=O) groups excluding carboxylic acids is 2. The number of carbonyl (C=O) groups is 3. The molecule has 3 atom stereocenters. The third-order valence-electron chi connectivity index (χ3n) is 9.63. The molecule has 49 heavy (non-hydrogen) atoms. The minimum atomic E-state index is -0.454. The molecule has 2 heterocycles. The van der Waals surface area contributed by atoms with Gasteiger partial charge in [-0.1, -0.05) is 67.9 Å². The van der Waals surface area contributed by atoms with Crippen molar-refractivity contribution in [2.24, 2.45) is 11.8 Å². The van der Waals surface area contributed by atoms with E-state index in [1.807, 2.05) is 56.3 Å². The Bertz CT molecular complexity index is 1780. The van der Waals surface area contributed by atoms with Gasteiger partial charge in [-0.3, -0.25) is 19.3 Å². The summed E-state index contributed by atoms with van der Waals surface area (Å²) in [5, 5.41) is 10.5. The van der Waals surface area contributed by atoms with Gasteiger partial charge >= 0.3 is 0 Å². The lowest BCUT2D eigenvalue weighted by atomic mass is 9.94. The quantitative estimate of drug-likeness (QED) is 0.0764. The maximum atomic E-state index is 13.4. The number of carboxylic acid groups (broad SMARTS) is 1. The van der Waals surface area contributed by atoms with E-state index in [-0.39, 0.29) is 18.0 Å². The fourth-order valence-corrected chi connectivity index (χ4v) is 7.50. The largest absolute Gasteiger partial charge is 0.483 e. The first-order chi connectivity index (χ1) is 23.7. The summed E-state index contributed by atoms with van der Waals surface area (Å²) in [6, 6.07) is 14.4. The highest BCUT2D eigenvalue weighted by atomic mass is 35.5. The highest BCUT2D eigenvalue weighted by Gasteiger charge is 2.48. The number of pyridine rings is 1. The van der Waals surface area contributed by atoms with Crippen molar-refractivity contribution >= 4 is 35.6 Å². The number of anilines is 1. The van der Waals surface area contributed by atoms with E-state index in [1.54, 1.807) is 33.4 Å². The topological polar surface area (TPSA) is 112 Å². The average molecular weight is 685 g/mol. The molecule has 258 valence electrons. The Hall–Kier alpha value is -4.47. The standard InChI is InChI=1S/C38H43ClN4O3.CH2O2/c1-6-8-9-12-30(38(45)42(3)4)36(44)40-31-16-11-13-27(26(31)7-2)28-14-10-15-29(35(28)39)32-20-23-17-18-33(34(23)37(41-32)46-5)43-21-24-19-25(24)22-43;2-1-3/h8-16,20,24-25,33H,6-7,17-19,21-22H2,1-5H3,(H,40,44);1H,(H,2,3)/b9-8+,30-12-;. The Kier molecular flexibility index (Phi) is 11.6. The number of benzene rings is 2. The number of rotatable bonds is 10. The molecule has 3 unspecified atom stereocenters. The summed E-state index contributed by atoms with van der Waals surface area (Å²) >= 11 is 7.22. The molecule has 2 aliphatic carbocycles. The lowest BCUT2D eigenvalue weighted by Crippen LogP contribution is -2.30. The van der Waals surface area contributed by atoms with Crippen molar-refractivity contribution in [1.29, 1.82) is 0 Å². The zero-order valence-corrected chi connectivity index (χ0v) is 29.6. The van der Waals surface area contributed by atoms with Crippen molar-refractivity contribution in [1.82, 2.24) is 14.8 Å². The zero-order valence-electron chi connectivity index (χ0n) is 28.8. The zero-order chi connectivity index (χ0) is 35.2. The average Bonchev–Trinajstić information content (AvgIpc) is 3.47. The number of aryl methyl sites for hydroxylation is 1. The number of amides is 2. The van der Waals surface area contributed by atoms with Gasteiger partial charge in [-0.05, 0) is 78.8 Å². The van der Waals surface area contributed by atoms with Crippen LogP contribution in [-0.4, -0.2) is 72.5 Å². The van der Waals surface area contributed by atoms with E-state index in [4.69, 9.17) is 31.2 Å². The number of methoxy groups -OCH3 is 1. The lowest BCUT2D eigenvalue weighted by molar-refractivity contribution is -0.127. The molecular weight excluding hydrogens is 640 g/mol. The molecule has 2 fully saturated rings. The molecule has 3 aromatic rings. The third kappa shape index (κ3) is 7.58. The van der Waals surface area contributed by atoms with Crippen LogP contribution < -0.4 is 10.1 Å². The van der Waals surface area contributed by atoms with Gasteiger partial charge in [0.15, 0.2) is 0 Å². The van der Waals surface area contributed by atoms with Crippen LogP contribution in [0.2, 0.25) is 5.02 Å². The lowest BCUT2D eigenvalue weighted by Gasteiger charge is -2.27. The van der Waals surface area contributed by atoms with Crippen molar-refractivity contribution in [2.75, 3.05) is 39.6 Å². The molecule has 6 rings (SSSR count). The molecule has 3 aliphatic rings. The molecule has 2 aromatic carbocycles. The van der Waals surface area contributed by atoms with Crippen LogP contribution in [0.3, 0.4) is 0 Å². The predicted octanol–water partition coefficient (Wildman–Crippen LogP) is 7.20. The molecule has 1 saturated heterocycles. The fraction of sp³-hybridized carbons (Fsp3) is 0.385. The number of nitrogens with one attached hydrogen (secondary N) is 1. The van der Waals surface area contributed by atoms with E-state index >= 15 is 0 Å². The van der Waals surface area contributed by atoms with Gasteiger partial charge < -0.3 is 20.1 Å². The second-order valence-corrected chi connectivity index (χ2v) is 13.3. The van der Waals surface area contributed by atoms with Crippen molar-refractivity contribution < 1.29 is 24.2 Å². The van der Waals surface area contributed by atoms with Crippen LogP contribution >= 0.6 is 11.6 Å². The van der Waals surface area contributed by atoms with E-state index in [0.717, 1.165) is 59.0 Å². The normalized spacial score (nSPS) is 19.5. The molecule has 1 aromatic heterocycles. The molecule has 1 aliphatic heterocycles. The monoisotopic (exact) mass is 684 g/mol. The number of piperidine rings is 1. The molecule has 0 radical (unpaired) electrons.